The first-order valence-corrected chi connectivity index (χ1v) is 19.2. The van der Waals surface area contributed by atoms with E-state index in [0.29, 0.717) is 6.42 Å². The molecule has 0 heterocycles. The van der Waals surface area contributed by atoms with E-state index < -0.39 is 12.1 Å². The van der Waals surface area contributed by atoms with Crippen LogP contribution in [0.5, 0.6) is 0 Å². The number of aliphatic hydroxyl groups excluding tert-OH is 2. The maximum atomic E-state index is 12.3. The number of amides is 1. The molecule has 3 N–H and O–H groups in total. The third-order valence-electron chi connectivity index (χ3n) is 8.70. The monoisotopic (exact) mass is 618 g/mol. The standard InChI is InChI=1S/C40H75NO3/c1-3-5-7-9-11-13-14-15-16-17-18-19-20-21-22-23-24-25-26-28-30-32-34-36-40(44)41-38(37-42)39(43)35-33-31-29-27-12-10-8-6-4-2/h4,6,12,27,33,35,38-39,42-43H,3,5,7-11,13-26,28-32,34,36-37H2,1-2H3,(H,41,44)/b6-4+,27-12+,35-33+. The highest BCUT2D eigenvalue weighted by Gasteiger charge is 2.17. The molecule has 0 fully saturated rings. The molecule has 258 valence electrons. The number of aliphatic hydroxyl groups is 2. The number of hydrogen-bond donors (Lipinski definition) is 3. The first kappa shape index (κ1) is 42.6. The lowest BCUT2D eigenvalue weighted by Crippen LogP contribution is -2.45. The molecule has 0 rings (SSSR count). The summed E-state index contributed by atoms with van der Waals surface area (Å²) in [7, 11) is 0. The Hall–Kier alpha value is -1.39. The van der Waals surface area contributed by atoms with Crippen LogP contribution in [0.1, 0.15) is 194 Å². The van der Waals surface area contributed by atoms with Crippen molar-refractivity contribution in [3.63, 3.8) is 0 Å². The van der Waals surface area contributed by atoms with Gasteiger partial charge >= 0.3 is 0 Å². The van der Waals surface area contributed by atoms with E-state index in [1.807, 2.05) is 13.0 Å². The van der Waals surface area contributed by atoms with Gasteiger partial charge in [0, 0.05) is 6.42 Å². The molecule has 44 heavy (non-hydrogen) atoms. The summed E-state index contributed by atoms with van der Waals surface area (Å²) in [6, 6.07) is -0.639. The van der Waals surface area contributed by atoms with Crippen molar-refractivity contribution in [1.29, 1.82) is 0 Å². The molecular weight excluding hydrogens is 542 g/mol. The highest BCUT2D eigenvalue weighted by Crippen LogP contribution is 2.15. The zero-order valence-electron chi connectivity index (χ0n) is 29.4. The molecule has 4 nitrogen and oxygen atoms in total. The minimum absolute atomic E-state index is 0.0796. The summed E-state index contributed by atoms with van der Waals surface area (Å²) in [5.74, 6) is -0.0796. The SMILES string of the molecule is C/C=C/CC/C=C/CC/C=C/C(O)C(CO)NC(=O)CCCCCCCCCCCCCCCCCCCCCCCCC. The number of allylic oxidation sites excluding steroid dienone is 5. The summed E-state index contributed by atoms with van der Waals surface area (Å²) in [5, 5.41) is 22.7. The Bertz CT molecular complexity index is 672. The minimum Gasteiger partial charge on any atom is -0.394 e. The molecule has 0 saturated heterocycles. The average Bonchev–Trinajstić information content (AvgIpc) is 3.03. The number of nitrogens with one attached hydrogen (secondary N) is 1. The molecule has 2 unspecified atom stereocenters. The Balaban J connectivity index is 3.49. The molecule has 1 amide bonds. The van der Waals surface area contributed by atoms with E-state index in [0.717, 1.165) is 38.5 Å². The van der Waals surface area contributed by atoms with Gasteiger partial charge < -0.3 is 15.5 Å². The van der Waals surface area contributed by atoms with Crippen molar-refractivity contribution < 1.29 is 15.0 Å². The Kier molecular flexibility index (Phi) is 34.9. The third-order valence-corrected chi connectivity index (χ3v) is 8.70. The van der Waals surface area contributed by atoms with Crippen molar-refractivity contribution in [1.82, 2.24) is 5.32 Å². The van der Waals surface area contributed by atoms with Crippen molar-refractivity contribution in [3.8, 4) is 0 Å². The average molecular weight is 618 g/mol. The number of rotatable bonds is 34. The van der Waals surface area contributed by atoms with Gasteiger partial charge in [0.15, 0.2) is 0 Å². The molecule has 4 heteroatoms. The van der Waals surface area contributed by atoms with Gasteiger partial charge in [-0.15, -0.1) is 0 Å². The van der Waals surface area contributed by atoms with Crippen molar-refractivity contribution in [2.75, 3.05) is 6.61 Å². The lowest BCUT2D eigenvalue weighted by atomic mass is 10.0. The summed E-state index contributed by atoms with van der Waals surface area (Å²) in [4.78, 5) is 12.3. The first-order chi connectivity index (χ1) is 21.7. The predicted octanol–water partition coefficient (Wildman–Crippen LogP) is 11.5. The van der Waals surface area contributed by atoms with Gasteiger partial charge in [-0.1, -0.05) is 185 Å². The van der Waals surface area contributed by atoms with E-state index >= 15 is 0 Å². The number of unbranched alkanes of at least 4 members (excludes halogenated alkanes) is 24. The lowest BCUT2D eigenvalue weighted by molar-refractivity contribution is -0.123. The second-order valence-electron chi connectivity index (χ2n) is 13.0. The van der Waals surface area contributed by atoms with E-state index in [2.05, 4.69) is 36.5 Å². The fourth-order valence-corrected chi connectivity index (χ4v) is 5.75. The Morgan fingerprint density at radius 3 is 1.32 bits per heavy atom. The summed E-state index contributed by atoms with van der Waals surface area (Å²) < 4.78 is 0. The molecule has 0 aromatic carbocycles. The van der Waals surface area contributed by atoms with Crippen LogP contribution in [0.2, 0.25) is 0 Å². The molecule has 0 spiro atoms. The lowest BCUT2D eigenvalue weighted by Gasteiger charge is -2.19. The normalized spacial score (nSPS) is 13.5. The van der Waals surface area contributed by atoms with E-state index in [-0.39, 0.29) is 12.5 Å². The third kappa shape index (κ3) is 32.0. The quantitative estimate of drug-likeness (QED) is 0.0497. The van der Waals surface area contributed by atoms with Crippen LogP contribution in [-0.4, -0.2) is 34.9 Å². The predicted molar refractivity (Wildman–Crippen MR) is 193 cm³/mol. The molecule has 0 bridgehead atoms. The molecule has 0 aliphatic heterocycles. The molecule has 0 aromatic heterocycles. The fraction of sp³-hybridized carbons (Fsp3) is 0.825. The van der Waals surface area contributed by atoms with Crippen molar-refractivity contribution in [2.45, 2.75) is 206 Å². The van der Waals surface area contributed by atoms with Gasteiger partial charge in [-0.3, -0.25) is 4.79 Å². The number of hydrogen-bond acceptors (Lipinski definition) is 3. The molecule has 0 saturated carbocycles. The molecule has 0 aliphatic carbocycles. The Morgan fingerprint density at radius 2 is 0.932 bits per heavy atom. The zero-order chi connectivity index (χ0) is 32.2. The zero-order valence-corrected chi connectivity index (χ0v) is 29.4. The smallest absolute Gasteiger partial charge is 0.220 e. The summed E-state index contributed by atoms with van der Waals surface area (Å²) in [5.41, 5.74) is 0. The van der Waals surface area contributed by atoms with Crippen LogP contribution in [0.15, 0.2) is 36.5 Å². The van der Waals surface area contributed by atoms with Gasteiger partial charge in [0.25, 0.3) is 0 Å². The second kappa shape index (κ2) is 36.1. The van der Waals surface area contributed by atoms with Gasteiger partial charge in [0.05, 0.1) is 18.8 Å². The van der Waals surface area contributed by atoms with Gasteiger partial charge in [-0.25, -0.2) is 0 Å². The van der Waals surface area contributed by atoms with Gasteiger partial charge in [-0.2, -0.15) is 0 Å². The van der Waals surface area contributed by atoms with Crippen LogP contribution in [-0.2, 0) is 4.79 Å². The number of carbonyl (C=O) groups excluding carboxylic acids is 1. The van der Waals surface area contributed by atoms with Crippen LogP contribution < -0.4 is 5.32 Å². The summed E-state index contributed by atoms with van der Waals surface area (Å²) >= 11 is 0. The topological polar surface area (TPSA) is 69.6 Å². The van der Waals surface area contributed by atoms with Crippen molar-refractivity contribution in [2.24, 2.45) is 0 Å². The van der Waals surface area contributed by atoms with Gasteiger partial charge in [0.1, 0.15) is 0 Å². The first-order valence-electron chi connectivity index (χ1n) is 19.2. The molecular formula is C40H75NO3. The van der Waals surface area contributed by atoms with Crippen LogP contribution in [0.3, 0.4) is 0 Å². The second-order valence-corrected chi connectivity index (χ2v) is 13.0. The Morgan fingerprint density at radius 1 is 0.568 bits per heavy atom. The van der Waals surface area contributed by atoms with Crippen LogP contribution in [0, 0.1) is 0 Å². The largest absolute Gasteiger partial charge is 0.394 e. The number of carbonyl (C=O) groups is 1. The maximum Gasteiger partial charge on any atom is 0.220 e. The molecule has 2 atom stereocenters. The van der Waals surface area contributed by atoms with Crippen molar-refractivity contribution in [3.05, 3.63) is 36.5 Å². The highest BCUT2D eigenvalue weighted by atomic mass is 16.3. The van der Waals surface area contributed by atoms with Gasteiger partial charge in [-0.05, 0) is 39.0 Å². The Labute approximate surface area is 274 Å². The van der Waals surface area contributed by atoms with E-state index in [1.165, 1.54) is 135 Å². The molecule has 0 aromatic rings. The minimum atomic E-state index is -0.864. The summed E-state index contributed by atoms with van der Waals surface area (Å²) in [6.07, 6.45) is 47.0. The molecule has 0 aliphatic rings. The van der Waals surface area contributed by atoms with Crippen LogP contribution in [0.4, 0.5) is 0 Å². The van der Waals surface area contributed by atoms with Crippen molar-refractivity contribution >= 4 is 5.91 Å². The van der Waals surface area contributed by atoms with Crippen LogP contribution >= 0.6 is 0 Å². The highest BCUT2D eigenvalue weighted by molar-refractivity contribution is 5.76. The molecule has 0 radical (unpaired) electrons. The van der Waals surface area contributed by atoms with Crippen LogP contribution in [0.25, 0.3) is 0 Å². The van der Waals surface area contributed by atoms with E-state index in [9.17, 15) is 15.0 Å². The fourth-order valence-electron chi connectivity index (χ4n) is 5.75. The van der Waals surface area contributed by atoms with Gasteiger partial charge in [0.2, 0.25) is 5.91 Å². The van der Waals surface area contributed by atoms with E-state index in [1.54, 1.807) is 6.08 Å². The van der Waals surface area contributed by atoms with E-state index in [4.69, 9.17) is 0 Å². The summed E-state index contributed by atoms with van der Waals surface area (Å²) in [6.45, 7) is 4.06. The maximum absolute atomic E-state index is 12.3.